The molecule has 0 aliphatic rings. The minimum atomic E-state index is 0.740. The van der Waals surface area contributed by atoms with Crippen LogP contribution in [0, 0.1) is 13.8 Å². The molecule has 0 atom stereocenters. The van der Waals surface area contributed by atoms with Crippen molar-refractivity contribution in [2.24, 2.45) is 0 Å². The summed E-state index contributed by atoms with van der Waals surface area (Å²) in [5.74, 6) is 0.843. The van der Waals surface area contributed by atoms with E-state index in [9.17, 15) is 0 Å². The molecule has 3 aromatic rings. The van der Waals surface area contributed by atoms with Gasteiger partial charge >= 0.3 is 0 Å². The molecule has 0 amide bonds. The summed E-state index contributed by atoms with van der Waals surface area (Å²) in [5, 5.41) is 4.51. The van der Waals surface area contributed by atoms with Gasteiger partial charge in [0, 0.05) is 16.8 Å². The SMILES string of the molecule is Cc1cc(Nc2cccc(N)c2)nc2c(C)cccc12. The fraction of sp³-hybridized carbons (Fsp3) is 0.118. The van der Waals surface area contributed by atoms with Gasteiger partial charge in [0.2, 0.25) is 0 Å². The Kier molecular flexibility index (Phi) is 3.03. The van der Waals surface area contributed by atoms with Gasteiger partial charge in [-0.1, -0.05) is 24.3 Å². The molecule has 0 unspecified atom stereocenters. The van der Waals surface area contributed by atoms with Crippen LogP contribution in [0.2, 0.25) is 0 Å². The third kappa shape index (κ3) is 2.30. The van der Waals surface area contributed by atoms with Gasteiger partial charge in [0.05, 0.1) is 5.52 Å². The van der Waals surface area contributed by atoms with E-state index < -0.39 is 0 Å². The summed E-state index contributed by atoms with van der Waals surface area (Å²) >= 11 is 0. The summed E-state index contributed by atoms with van der Waals surface area (Å²) in [4.78, 5) is 4.71. The van der Waals surface area contributed by atoms with Gasteiger partial charge < -0.3 is 11.1 Å². The quantitative estimate of drug-likeness (QED) is 0.682. The number of para-hydroxylation sites is 1. The molecule has 0 saturated heterocycles. The van der Waals surface area contributed by atoms with Gasteiger partial charge in [0.1, 0.15) is 5.82 Å². The third-order valence-corrected chi connectivity index (χ3v) is 3.41. The van der Waals surface area contributed by atoms with E-state index in [4.69, 9.17) is 10.7 Å². The number of pyridine rings is 1. The average molecular weight is 263 g/mol. The van der Waals surface area contributed by atoms with E-state index in [2.05, 4.69) is 43.4 Å². The fourth-order valence-electron chi connectivity index (χ4n) is 2.39. The second kappa shape index (κ2) is 4.85. The highest BCUT2D eigenvalue weighted by molar-refractivity contribution is 5.86. The summed E-state index contributed by atoms with van der Waals surface area (Å²) in [6.07, 6.45) is 0. The lowest BCUT2D eigenvalue weighted by Gasteiger charge is -2.10. The molecule has 0 aliphatic carbocycles. The molecule has 3 N–H and O–H groups in total. The lowest BCUT2D eigenvalue weighted by Crippen LogP contribution is -1.97. The highest BCUT2D eigenvalue weighted by Gasteiger charge is 2.05. The number of hydrogen-bond acceptors (Lipinski definition) is 3. The number of nitrogens with one attached hydrogen (secondary N) is 1. The molecule has 0 spiro atoms. The molecule has 0 bridgehead atoms. The molecule has 0 radical (unpaired) electrons. The molecule has 1 heterocycles. The number of aryl methyl sites for hydroxylation is 2. The second-order valence-corrected chi connectivity index (χ2v) is 5.05. The molecule has 0 aliphatic heterocycles. The highest BCUT2D eigenvalue weighted by atomic mass is 15.0. The second-order valence-electron chi connectivity index (χ2n) is 5.05. The molecular weight excluding hydrogens is 246 g/mol. The summed E-state index contributed by atoms with van der Waals surface area (Å²) in [6.45, 7) is 4.19. The minimum Gasteiger partial charge on any atom is -0.399 e. The van der Waals surface area contributed by atoms with Crippen LogP contribution in [-0.4, -0.2) is 4.98 Å². The Morgan fingerprint density at radius 1 is 0.950 bits per heavy atom. The molecule has 20 heavy (non-hydrogen) atoms. The van der Waals surface area contributed by atoms with Crippen LogP contribution in [0.25, 0.3) is 10.9 Å². The van der Waals surface area contributed by atoms with Gasteiger partial charge in [-0.3, -0.25) is 0 Å². The van der Waals surface area contributed by atoms with Crippen LogP contribution in [0.1, 0.15) is 11.1 Å². The standard InChI is InChI=1S/C17H17N3/c1-11-5-3-8-15-12(2)9-16(20-17(11)15)19-14-7-4-6-13(18)10-14/h3-10H,18H2,1-2H3,(H,19,20). The number of nitrogen functional groups attached to an aromatic ring is 1. The van der Waals surface area contributed by atoms with Crippen LogP contribution < -0.4 is 11.1 Å². The number of rotatable bonds is 2. The van der Waals surface area contributed by atoms with Crippen LogP contribution >= 0.6 is 0 Å². The predicted molar refractivity (Wildman–Crippen MR) is 85.4 cm³/mol. The molecule has 0 fully saturated rings. The number of nitrogens with two attached hydrogens (primary N) is 1. The van der Waals surface area contributed by atoms with Gasteiger partial charge in [-0.2, -0.15) is 0 Å². The Bertz CT molecular complexity index is 778. The maximum absolute atomic E-state index is 5.80. The number of aromatic nitrogens is 1. The van der Waals surface area contributed by atoms with E-state index in [1.807, 2.05) is 24.3 Å². The first-order chi connectivity index (χ1) is 9.63. The number of hydrogen-bond donors (Lipinski definition) is 2. The Morgan fingerprint density at radius 3 is 2.55 bits per heavy atom. The fourth-order valence-corrected chi connectivity index (χ4v) is 2.39. The van der Waals surface area contributed by atoms with Gasteiger partial charge in [-0.05, 0) is 49.2 Å². The van der Waals surface area contributed by atoms with E-state index in [-0.39, 0.29) is 0 Å². The van der Waals surface area contributed by atoms with Crippen molar-refractivity contribution >= 4 is 28.1 Å². The largest absolute Gasteiger partial charge is 0.399 e. The van der Waals surface area contributed by atoms with Gasteiger partial charge in [0.25, 0.3) is 0 Å². The van der Waals surface area contributed by atoms with Gasteiger partial charge in [-0.25, -0.2) is 4.98 Å². The molecule has 3 heteroatoms. The number of fused-ring (bicyclic) bond motifs is 1. The van der Waals surface area contributed by atoms with Crippen molar-refractivity contribution in [1.82, 2.24) is 4.98 Å². The lowest BCUT2D eigenvalue weighted by atomic mass is 10.1. The van der Waals surface area contributed by atoms with E-state index >= 15 is 0 Å². The van der Waals surface area contributed by atoms with Crippen molar-refractivity contribution in [1.29, 1.82) is 0 Å². The number of nitrogens with zero attached hydrogens (tertiary/aromatic N) is 1. The first-order valence-electron chi connectivity index (χ1n) is 6.63. The molecule has 100 valence electrons. The molecule has 2 aromatic carbocycles. The summed E-state index contributed by atoms with van der Waals surface area (Å²) in [7, 11) is 0. The zero-order valence-electron chi connectivity index (χ0n) is 11.6. The van der Waals surface area contributed by atoms with E-state index in [1.165, 1.54) is 16.5 Å². The maximum atomic E-state index is 5.80. The van der Waals surface area contributed by atoms with Gasteiger partial charge in [0.15, 0.2) is 0 Å². The normalized spacial score (nSPS) is 10.7. The summed E-state index contributed by atoms with van der Waals surface area (Å²) in [5.41, 5.74) is 10.9. The zero-order valence-corrected chi connectivity index (χ0v) is 11.6. The molecule has 3 rings (SSSR count). The lowest BCUT2D eigenvalue weighted by molar-refractivity contribution is 1.32. The van der Waals surface area contributed by atoms with Crippen molar-refractivity contribution in [3.63, 3.8) is 0 Å². The van der Waals surface area contributed by atoms with Crippen molar-refractivity contribution in [3.8, 4) is 0 Å². The van der Waals surface area contributed by atoms with Crippen molar-refractivity contribution in [2.75, 3.05) is 11.1 Å². The maximum Gasteiger partial charge on any atom is 0.131 e. The van der Waals surface area contributed by atoms with E-state index in [0.29, 0.717) is 0 Å². The highest BCUT2D eigenvalue weighted by Crippen LogP contribution is 2.25. The average Bonchev–Trinajstić information content (AvgIpc) is 2.40. The smallest absolute Gasteiger partial charge is 0.131 e. The Morgan fingerprint density at radius 2 is 1.75 bits per heavy atom. The first kappa shape index (κ1) is 12.5. The van der Waals surface area contributed by atoms with Crippen LogP contribution in [0.3, 0.4) is 0 Å². The Balaban J connectivity index is 2.06. The third-order valence-electron chi connectivity index (χ3n) is 3.41. The first-order valence-corrected chi connectivity index (χ1v) is 6.63. The number of anilines is 3. The van der Waals surface area contributed by atoms with Crippen molar-refractivity contribution < 1.29 is 0 Å². The van der Waals surface area contributed by atoms with Crippen LogP contribution in [0.4, 0.5) is 17.2 Å². The monoisotopic (exact) mass is 263 g/mol. The molecule has 0 saturated carbocycles. The van der Waals surface area contributed by atoms with Crippen LogP contribution in [0.15, 0.2) is 48.5 Å². The number of benzene rings is 2. The Labute approximate surface area is 118 Å². The molecule has 3 nitrogen and oxygen atoms in total. The van der Waals surface area contributed by atoms with Crippen LogP contribution in [-0.2, 0) is 0 Å². The summed E-state index contributed by atoms with van der Waals surface area (Å²) in [6, 6.07) is 16.0. The van der Waals surface area contributed by atoms with Gasteiger partial charge in [-0.15, -0.1) is 0 Å². The topological polar surface area (TPSA) is 50.9 Å². The summed E-state index contributed by atoms with van der Waals surface area (Å²) < 4.78 is 0. The molecular formula is C17H17N3. The van der Waals surface area contributed by atoms with E-state index in [1.54, 1.807) is 0 Å². The predicted octanol–water partition coefficient (Wildman–Crippen LogP) is 4.18. The van der Waals surface area contributed by atoms with Crippen LogP contribution in [0.5, 0.6) is 0 Å². The minimum absolute atomic E-state index is 0.740. The molecule has 1 aromatic heterocycles. The van der Waals surface area contributed by atoms with E-state index in [0.717, 1.165) is 22.7 Å². The van der Waals surface area contributed by atoms with Crippen molar-refractivity contribution in [2.45, 2.75) is 13.8 Å². The zero-order chi connectivity index (χ0) is 14.1. The Hall–Kier alpha value is -2.55. The van der Waals surface area contributed by atoms with Crippen molar-refractivity contribution in [3.05, 3.63) is 59.7 Å².